The molecule has 1 heterocycles. The number of unbranched alkanes of at least 4 members (excludes halogenated alkanes) is 8. The van der Waals surface area contributed by atoms with Gasteiger partial charge in [-0.25, -0.2) is 0 Å². The van der Waals surface area contributed by atoms with Crippen LogP contribution < -0.4 is 0 Å². The van der Waals surface area contributed by atoms with E-state index in [2.05, 4.69) is 6.92 Å². The van der Waals surface area contributed by atoms with E-state index in [0.717, 1.165) is 32.3 Å². The topological polar surface area (TPSA) is 35.5 Å². The lowest BCUT2D eigenvalue weighted by Gasteiger charge is -2.10. The molecule has 0 aromatic rings. The fraction of sp³-hybridized carbons (Fsp3) is 0.938. The van der Waals surface area contributed by atoms with Gasteiger partial charge in [0.15, 0.2) is 0 Å². The molecule has 0 aromatic heterocycles. The molecule has 1 fully saturated rings. The fourth-order valence-electron chi connectivity index (χ4n) is 2.43. The van der Waals surface area contributed by atoms with Gasteiger partial charge in [0.2, 0.25) is 6.29 Å². The average Bonchev–Trinajstić information content (AvgIpc) is 2.89. The summed E-state index contributed by atoms with van der Waals surface area (Å²) >= 11 is 0. The third kappa shape index (κ3) is 9.04. The summed E-state index contributed by atoms with van der Waals surface area (Å²) in [7, 11) is 0. The Bertz CT molecular complexity index is 222. The molecule has 0 aromatic carbocycles. The lowest BCUT2D eigenvalue weighted by atomic mass is 10.1. The zero-order valence-electron chi connectivity index (χ0n) is 12.5. The van der Waals surface area contributed by atoms with Crippen LogP contribution in [0.25, 0.3) is 0 Å². The molecule has 3 heteroatoms. The molecule has 0 N–H and O–H groups in total. The summed E-state index contributed by atoms with van der Waals surface area (Å²) in [5, 5.41) is 0. The van der Waals surface area contributed by atoms with E-state index in [4.69, 9.17) is 9.47 Å². The Morgan fingerprint density at radius 1 is 1.05 bits per heavy atom. The van der Waals surface area contributed by atoms with Crippen LogP contribution in [-0.2, 0) is 14.3 Å². The number of hydrogen-bond donors (Lipinski definition) is 0. The molecule has 1 aliphatic heterocycles. The second-order valence-electron chi connectivity index (χ2n) is 5.51. The summed E-state index contributed by atoms with van der Waals surface area (Å²) in [6, 6.07) is 0. The van der Waals surface area contributed by atoms with Crippen molar-refractivity contribution in [2.24, 2.45) is 0 Å². The van der Waals surface area contributed by atoms with Gasteiger partial charge in [0.1, 0.15) is 0 Å². The van der Waals surface area contributed by atoms with Gasteiger partial charge in [-0.1, -0.05) is 58.3 Å². The van der Waals surface area contributed by atoms with Crippen LogP contribution >= 0.6 is 0 Å². The van der Waals surface area contributed by atoms with Gasteiger partial charge in [0.05, 0.1) is 6.61 Å². The van der Waals surface area contributed by atoms with E-state index in [0.29, 0.717) is 6.42 Å². The smallest absolute Gasteiger partial charge is 0.308 e. The standard InChI is InChI=1S/C16H30O3/c1-2-3-4-5-6-7-8-9-10-12-15(17)19-16-13-11-14-18-16/h16H,2-14H2,1H3. The van der Waals surface area contributed by atoms with E-state index in [1.54, 1.807) is 0 Å². The van der Waals surface area contributed by atoms with Gasteiger partial charge in [0, 0.05) is 12.8 Å². The van der Waals surface area contributed by atoms with Crippen molar-refractivity contribution in [3.63, 3.8) is 0 Å². The van der Waals surface area contributed by atoms with Crippen molar-refractivity contribution in [2.75, 3.05) is 6.61 Å². The van der Waals surface area contributed by atoms with Crippen molar-refractivity contribution in [1.29, 1.82) is 0 Å². The van der Waals surface area contributed by atoms with E-state index < -0.39 is 0 Å². The molecule has 0 spiro atoms. The Morgan fingerprint density at radius 2 is 1.68 bits per heavy atom. The van der Waals surface area contributed by atoms with Crippen LogP contribution in [0.15, 0.2) is 0 Å². The van der Waals surface area contributed by atoms with E-state index >= 15 is 0 Å². The number of rotatable bonds is 11. The SMILES string of the molecule is CCCCCCCCCCCC(=O)OC1CCCO1. The highest BCUT2D eigenvalue weighted by Gasteiger charge is 2.19. The van der Waals surface area contributed by atoms with Crippen molar-refractivity contribution in [2.45, 2.75) is 90.3 Å². The molecule has 1 atom stereocenters. The first-order valence-electron chi connectivity index (χ1n) is 8.14. The third-order valence-electron chi connectivity index (χ3n) is 3.64. The number of ether oxygens (including phenoxy) is 2. The van der Waals surface area contributed by atoms with Crippen molar-refractivity contribution in [3.05, 3.63) is 0 Å². The largest absolute Gasteiger partial charge is 0.436 e. The van der Waals surface area contributed by atoms with Crippen LogP contribution in [0.4, 0.5) is 0 Å². The zero-order chi connectivity index (χ0) is 13.8. The van der Waals surface area contributed by atoms with Crippen molar-refractivity contribution in [3.8, 4) is 0 Å². The lowest BCUT2D eigenvalue weighted by molar-refractivity contribution is -0.169. The maximum atomic E-state index is 11.5. The van der Waals surface area contributed by atoms with Crippen molar-refractivity contribution in [1.82, 2.24) is 0 Å². The number of carbonyl (C=O) groups excluding carboxylic acids is 1. The molecular formula is C16H30O3. The summed E-state index contributed by atoms with van der Waals surface area (Å²) in [5.74, 6) is -0.0881. The monoisotopic (exact) mass is 270 g/mol. The predicted octanol–water partition coefficient (Wildman–Crippen LogP) is 4.59. The molecule has 1 saturated heterocycles. The first-order chi connectivity index (χ1) is 9.33. The first kappa shape index (κ1) is 16.5. The summed E-state index contributed by atoms with van der Waals surface area (Å²) in [5.41, 5.74) is 0. The molecule has 1 aliphatic rings. The Kier molecular flexibility index (Phi) is 9.78. The summed E-state index contributed by atoms with van der Waals surface area (Å²) in [6.45, 7) is 2.98. The molecule has 112 valence electrons. The molecule has 3 nitrogen and oxygen atoms in total. The normalized spacial score (nSPS) is 18.7. The summed E-state index contributed by atoms with van der Waals surface area (Å²) in [4.78, 5) is 11.5. The maximum absolute atomic E-state index is 11.5. The lowest BCUT2D eigenvalue weighted by Crippen LogP contribution is -2.16. The minimum Gasteiger partial charge on any atom is -0.436 e. The molecule has 1 rings (SSSR count). The molecule has 0 aliphatic carbocycles. The average molecular weight is 270 g/mol. The maximum Gasteiger partial charge on any atom is 0.308 e. The van der Waals surface area contributed by atoms with Gasteiger partial charge in [-0.15, -0.1) is 0 Å². The Morgan fingerprint density at radius 3 is 2.26 bits per heavy atom. The number of hydrogen-bond acceptors (Lipinski definition) is 3. The fourth-order valence-corrected chi connectivity index (χ4v) is 2.43. The highest BCUT2D eigenvalue weighted by atomic mass is 16.7. The minimum absolute atomic E-state index is 0.0881. The number of esters is 1. The zero-order valence-corrected chi connectivity index (χ0v) is 12.5. The third-order valence-corrected chi connectivity index (χ3v) is 3.64. The minimum atomic E-state index is -0.258. The second-order valence-corrected chi connectivity index (χ2v) is 5.51. The van der Waals surface area contributed by atoms with E-state index in [1.165, 1.54) is 44.9 Å². The van der Waals surface area contributed by atoms with Gasteiger partial charge in [0.25, 0.3) is 0 Å². The van der Waals surface area contributed by atoms with Gasteiger partial charge in [-0.2, -0.15) is 0 Å². The van der Waals surface area contributed by atoms with Crippen LogP contribution in [0.5, 0.6) is 0 Å². The highest BCUT2D eigenvalue weighted by molar-refractivity contribution is 5.69. The Balaban J connectivity index is 1.80. The molecular weight excluding hydrogens is 240 g/mol. The van der Waals surface area contributed by atoms with Gasteiger partial charge in [-0.05, 0) is 12.8 Å². The van der Waals surface area contributed by atoms with Crippen LogP contribution in [0.1, 0.15) is 84.0 Å². The van der Waals surface area contributed by atoms with Gasteiger partial charge in [-0.3, -0.25) is 4.79 Å². The van der Waals surface area contributed by atoms with Crippen molar-refractivity contribution >= 4 is 5.97 Å². The summed E-state index contributed by atoms with van der Waals surface area (Å²) in [6.07, 6.45) is 13.6. The van der Waals surface area contributed by atoms with Crippen LogP contribution in [0.3, 0.4) is 0 Å². The van der Waals surface area contributed by atoms with Crippen molar-refractivity contribution < 1.29 is 14.3 Å². The van der Waals surface area contributed by atoms with Crippen LogP contribution in [-0.4, -0.2) is 18.9 Å². The van der Waals surface area contributed by atoms with E-state index in [-0.39, 0.29) is 12.3 Å². The van der Waals surface area contributed by atoms with Gasteiger partial charge >= 0.3 is 5.97 Å². The molecule has 0 bridgehead atoms. The molecule has 0 radical (unpaired) electrons. The predicted molar refractivity (Wildman–Crippen MR) is 76.9 cm³/mol. The molecule has 0 amide bonds. The number of carbonyl (C=O) groups is 1. The Labute approximate surface area is 118 Å². The van der Waals surface area contributed by atoms with E-state index in [1.807, 2.05) is 0 Å². The van der Waals surface area contributed by atoms with E-state index in [9.17, 15) is 4.79 Å². The van der Waals surface area contributed by atoms with Crippen LogP contribution in [0.2, 0.25) is 0 Å². The molecule has 1 unspecified atom stereocenters. The highest BCUT2D eigenvalue weighted by Crippen LogP contribution is 2.15. The first-order valence-corrected chi connectivity index (χ1v) is 8.14. The quantitative estimate of drug-likeness (QED) is 0.407. The molecule has 19 heavy (non-hydrogen) atoms. The molecule has 0 saturated carbocycles. The Hall–Kier alpha value is -0.570. The second kappa shape index (κ2) is 11.3. The van der Waals surface area contributed by atoms with Gasteiger partial charge < -0.3 is 9.47 Å². The summed E-state index contributed by atoms with van der Waals surface area (Å²) < 4.78 is 10.5. The van der Waals surface area contributed by atoms with Crippen LogP contribution in [0, 0.1) is 0 Å².